The van der Waals surface area contributed by atoms with Crippen LogP contribution in [0.2, 0.25) is 0 Å². The van der Waals surface area contributed by atoms with Gasteiger partial charge in [0, 0.05) is 19.6 Å². The molecule has 0 aromatic carbocycles. The molecule has 20 heavy (non-hydrogen) atoms. The van der Waals surface area contributed by atoms with Crippen molar-refractivity contribution in [3.8, 4) is 0 Å². The zero-order chi connectivity index (χ0) is 14.3. The van der Waals surface area contributed by atoms with E-state index in [1.165, 1.54) is 0 Å². The van der Waals surface area contributed by atoms with Crippen LogP contribution in [0.15, 0.2) is 0 Å². The summed E-state index contributed by atoms with van der Waals surface area (Å²) in [4.78, 5) is 28.3. The number of carbonyl (C=O) groups excluding carboxylic acids is 2. The first-order chi connectivity index (χ1) is 9.55. The Balaban J connectivity index is 1.72. The number of nitrogens with zero attached hydrogens (tertiary/aromatic N) is 2. The minimum absolute atomic E-state index is 0.0200. The predicted molar refractivity (Wildman–Crippen MR) is 73.0 cm³/mol. The molecule has 0 aromatic rings. The van der Waals surface area contributed by atoms with E-state index in [-0.39, 0.29) is 11.8 Å². The van der Waals surface area contributed by atoms with Gasteiger partial charge in [0.05, 0.1) is 6.10 Å². The summed E-state index contributed by atoms with van der Waals surface area (Å²) in [6.45, 7) is 4.49. The minimum Gasteiger partial charge on any atom is -0.391 e. The molecule has 3 aliphatic heterocycles. The molecule has 0 aliphatic carbocycles. The molecule has 6 heteroatoms. The van der Waals surface area contributed by atoms with Crippen molar-refractivity contribution in [3.63, 3.8) is 0 Å². The number of amides is 2. The summed E-state index contributed by atoms with van der Waals surface area (Å²) in [5.74, 6) is -0.118. The van der Waals surface area contributed by atoms with Gasteiger partial charge in [-0.3, -0.25) is 9.59 Å². The van der Waals surface area contributed by atoms with Crippen LogP contribution in [0.5, 0.6) is 0 Å². The summed E-state index contributed by atoms with van der Waals surface area (Å²) in [7, 11) is 0. The molecule has 112 valence electrons. The quantitative estimate of drug-likeness (QED) is 0.673. The van der Waals surface area contributed by atoms with E-state index in [2.05, 4.69) is 5.32 Å². The molecular formula is C14H23N3O3. The van der Waals surface area contributed by atoms with Crippen LogP contribution in [0.4, 0.5) is 0 Å². The first kappa shape index (κ1) is 13.8. The highest BCUT2D eigenvalue weighted by atomic mass is 16.3. The van der Waals surface area contributed by atoms with Gasteiger partial charge >= 0.3 is 0 Å². The minimum atomic E-state index is -0.828. The first-order valence-corrected chi connectivity index (χ1v) is 7.58. The van der Waals surface area contributed by atoms with Crippen LogP contribution >= 0.6 is 0 Å². The largest absolute Gasteiger partial charge is 0.391 e. The lowest BCUT2D eigenvalue weighted by Gasteiger charge is -2.50. The van der Waals surface area contributed by atoms with Crippen molar-refractivity contribution in [2.75, 3.05) is 26.2 Å². The van der Waals surface area contributed by atoms with E-state index in [1.807, 2.05) is 0 Å². The lowest BCUT2D eigenvalue weighted by molar-refractivity contribution is -0.167. The van der Waals surface area contributed by atoms with Crippen LogP contribution in [-0.2, 0) is 9.59 Å². The van der Waals surface area contributed by atoms with Gasteiger partial charge in [0.15, 0.2) is 0 Å². The van der Waals surface area contributed by atoms with Crippen molar-refractivity contribution in [2.24, 2.45) is 0 Å². The van der Waals surface area contributed by atoms with E-state index in [0.717, 1.165) is 45.3 Å². The summed E-state index contributed by atoms with van der Waals surface area (Å²) in [6, 6.07) is -0.714. The first-order valence-electron chi connectivity index (χ1n) is 7.58. The molecule has 0 aromatic heterocycles. The maximum atomic E-state index is 12.5. The van der Waals surface area contributed by atoms with Gasteiger partial charge < -0.3 is 20.2 Å². The highest BCUT2D eigenvalue weighted by Crippen LogP contribution is 2.34. The van der Waals surface area contributed by atoms with Crippen LogP contribution in [0, 0.1) is 0 Å². The highest BCUT2D eigenvalue weighted by Gasteiger charge is 2.57. The van der Waals surface area contributed by atoms with Crippen molar-refractivity contribution in [1.82, 2.24) is 15.1 Å². The number of aliphatic hydroxyl groups is 1. The molecule has 2 N–H and O–H groups in total. The highest BCUT2D eigenvalue weighted by molar-refractivity contribution is 5.97. The standard InChI is InChI=1S/C14H23N3O3/c1-10(18)11(12(19)16-7-2-3-8-16)17-9-14(13(17)20)5-4-6-15-14/h10-11,15,18H,2-9H2,1H3. The normalized spacial score (nSPS) is 32.6. The zero-order valence-electron chi connectivity index (χ0n) is 12.0. The maximum absolute atomic E-state index is 12.5. The maximum Gasteiger partial charge on any atom is 0.248 e. The Morgan fingerprint density at radius 3 is 2.55 bits per heavy atom. The van der Waals surface area contributed by atoms with Crippen molar-refractivity contribution in [1.29, 1.82) is 0 Å². The second-order valence-corrected chi connectivity index (χ2v) is 6.26. The third-order valence-corrected chi connectivity index (χ3v) is 4.82. The summed E-state index contributed by atoms with van der Waals surface area (Å²) in [5.41, 5.74) is -0.446. The molecule has 0 saturated carbocycles. The van der Waals surface area contributed by atoms with E-state index in [0.29, 0.717) is 6.54 Å². The predicted octanol–water partition coefficient (Wildman–Crippen LogP) is -0.677. The Kier molecular flexibility index (Phi) is 3.46. The number of likely N-dealkylation sites (tertiary alicyclic amines) is 2. The number of hydrogen-bond acceptors (Lipinski definition) is 4. The van der Waals surface area contributed by atoms with Gasteiger partial charge in [0.25, 0.3) is 0 Å². The Morgan fingerprint density at radius 2 is 2.05 bits per heavy atom. The van der Waals surface area contributed by atoms with Gasteiger partial charge in [-0.1, -0.05) is 0 Å². The van der Waals surface area contributed by atoms with Gasteiger partial charge in [-0.25, -0.2) is 0 Å². The lowest BCUT2D eigenvalue weighted by Crippen LogP contribution is -2.76. The smallest absolute Gasteiger partial charge is 0.248 e. The molecule has 0 bridgehead atoms. The molecule has 3 saturated heterocycles. The van der Waals surface area contributed by atoms with Crippen LogP contribution in [0.1, 0.15) is 32.6 Å². The van der Waals surface area contributed by atoms with Crippen molar-refractivity contribution < 1.29 is 14.7 Å². The van der Waals surface area contributed by atoms with E-state index < -0.39 is 17.7 Å². The summed E-state index contributed by atoms with van der Waals surface area (Å²) in [5, 5.41) is 13.2. The number of β-lactam (4-membered cyclic amide) rings is 1. The SMILES string of the molecule is CC(O)C(C(=O)N1CCCC1)N1CC2(CCCN2)C1=O. The molecule has 2 amide bonds. The second-order valence-electron chi connectivity index (χ2n) is 6.26. The molecule has 1 spiro atoms. The Hall–Kier alpha value is -1.14. The van der Waals surface area contributed by atoms with Gasteiger partial charge in [-0.2, -0.15) is 0 Å². The fraction of sp³-hybridized carbons (Fsp3) is 0.857. The van der Waals surface area contributed by atoms with E-state index in [1.54, 1.807) is 16.7 Å². The van der Waals surface area contributed by atoms with Crippen LogP contribution in [0.3, 0.4) is 0 Å². The molecule has 3 unspecified atom stereocenters. The van der Waals surface area contributed by atoms with Crippen LogP contribution in [0.25, 0.3) is 0 Å². The molecule has 3 rings (SSSR count). The van der Waals surface area contributed by atoms with E-state index in [4.69, 9.17) is 0 Å². The molecule has 6 nitrogen and oxygen atoms in total. The van der Waals surface area contributed by atoms with Crippen molar-refractivity contribution >= 4 is 11.8 Å². The van der Waals surface area contributed by atoms with Crippen molar-refractivity contribution in [3.05, 3.63) is 0 Å². The average Bonchev–Trinajstić information content (AvgIpc) is 3.09. The number of hydrogen-bond donors (Lipinski definition) is 2. The van der Waals surface area contributed by atoms with Crippen LogP contribution < -0.4 is 5.32 Å². The Morgan fingerprint density at radius 1 is 1.35 bits per heavy atom. The summed E-state index contributed by atoms with van der Waals surface area (Å²) >= 11 is 0. The summed E-state index contributed by atoms with van der Waals surface area (Å²) in [6.07, 6.45) is 3.03. The second kappa shape index (κ2) is 5.00. The van der Waals surface area contributed by atoms with Crippen molar-refractivity contribution in [2.45, 2.75) is 50.3 Å². The van der Waals surface area contributed by atoms with Gasteiger partial charge in [-0.05, 0) is 39.2 Å². The molecule has 0 radical (unpaired) electrons. The van der Waals surface area contributed by atoms with E-state index in [9.17, 15) is 14.7 Å². The average molecular weight is 281 g/mol. The molecule has 3 fully saturated rings. The lowest BCUT2D eigenvalue weighted by atomic mass is 9.84. The van der Waals surface area contributed by atoms with Gasteiger partial charge in [-0.15, -0.1) is 0 Å². The molecule has 3 aliphatic rings. The third kappa shape index (κ3) is 2.02. The number of rotatable bonds is 3. The van der Waals surface area contributed by atoms with Gasteiger partial charge in [0.2, 0.25) is 11.8 Å². The Bertz CT molecular complexity index is 412. The van der Waals surface area contributed by atoms with E-state index >= 15 is 0 Å². The molecule has 3 atom stereocenters. The number of carbonyl (C=O) groups is 2. The monoisotopic (exact) mass is 281 g/mol. The molecule has 3 heterocycles. The fourth-order valence-electron chi connectivity index (χ4n) is 3.69. The Labute approximate surface area is 119 Å². The zero-order valence-corrected chi connectivity index (χ0v) is 12.0. The third-order valence-electron chi connectivity index (χ3n) is 4.82. The van der Waals surface area contributed by atoms with Crippen LogP contribution in [-0.4, -0.2) is 70.6 Å². The molecular weight excluding hydrogens is 258 g/mol. The fourth-order valence-corrected chi connectivity index (χ4v) is 3.69. The topological polar surface area (TPSA) is 72.9 Å². The summed E-state index contributed by atoms with van der Waals surface area (Å²) < 4.78 is 0. The van der Waals surface area contributed by atoms with Gasteiger partial charge in [0.1, 0.15) is 11.6 Å². The number of aliphatic hydroxyl groups excluding tert-OH is 1. The number of nitrogens with one attached hydrogen (secondary N) is 1.